The summed E-state index contributed by atoms with van der Waals surface area (Å²) in [6, 6.07) is 3.47. The Morgan fingerprint density at radius 3 is 2.81 bits per heavy atom. The summed E-state index contributed by atoms with van der Waals surface area (Å²) < 4.78 is 5.78. The van der Waals surface area contributed by atoms with Crippen LogP contribution in [0.3, 0.4) is 0 Å². The third-order valence-electron chi connectivity index (χ3n) is 2.48. The molecule has 2 heterocycles. The van der Waals surface area contributed by atoms with E-state index in [-0.39, 0.29) is 12.1 Å². The zero-order valence-electron chi connectivity index (χ0n) is 8.75. The van der Waals surface area contributed by atoms with Gasteiger partial charge in [-0.25, -0.2) is 4.79 Å². The van der Waals surface area contributed by atoms with Crippen molar-refractivity contribution in [3.8, 4) is 0 Å². The van der Waals surface area contributed by atoms with Gasteiger partial charge >= 0.3 is 6.03 Å². The van der Waals surface area contributed by atoms with E-state index in [1.165, 1.54) is 0 Å². The molecule has 6 heteroatoms. The topological polar surface area (TPSA) is 66.3 Å². The molecule has 0 aromatic carbocycles. The van der Waals surface area contributed by atoms with Crippen LogP contribution >= 0.6 is 15.9 Å². The zero-order chi connectivity index (χ0) is 11.4. The van der Waals surface area contributed by atoms with E-state index in [0.29, 0.717) is 10.6 Å². The first kappa shape index (κ1) is 11.5. The molecule has 3 N–H and O–H groups in total. The monoisotopic (exact) mass is 287 g/mol. The second kappa shape index (κ2) is 5.36. The maximum atomic E-state index is 11.6. The number of furan rings is 1. The second-order valence-corrected chi connectivity index (χ2v) is 4.51. The lowest BCUT2D eigenvalue weighted by molar-refractivity contribution is 0.244. The lowest BCUT2D eigenvalue weighted by Crippen LogP contribution is -2.44. The lowest BCUT2D eigenvalue weighted by Gasteiger charge is -2.23. The van der Waals surface area contributed by atoms with Crippen molar-refractivity contribution in [1.82, 2.24) is 10.6 Å². The molecule has 0 unspecified atom stereocenters. The van der Waals surface area contributed by atoms with Crippen molar-refractivity contribution in [3.63, 3.8) is 0 Å². The summed E-state index contributed by atoms with van der Waals surface area (Å²) in [5.41, 5.74) is 0. The van der Waals surface area contributed by atoms with Crippen LogP contribution in [0.25, 0.3) is 0 Å². The van der Waals surface area contributed by atoms with Crippen molar-refractivity contribution in [1.29, 1.82) is 0 Å². The third kappa shape index (κ3) is 3.24. The minimum Gasteiger partial charge on any atom is -0.434 e. The Morgan fingerprint density at radius 2 is 2.19 bits per heavy atom. The van der Waals surface area contributed by atoms with E-state index in [2.05, 4.69) is 31.9 Å². The van der Waals surface area contributed by atoms with Gasteiger partial charge < -0.3 is 15.1 Å². The van der Waals surface area contributed by atoms with E-state index >= 15 is 0 Å². The number of rotatable bonds is 2. The molecule has 0 saturated carbocycles. The smallest absolute Gasteiger partial charge is 0.321 e. The molecule has 2 rings (SSSR count). The Morgan fingerprint density at radius 1 is 1.44 bits per heavy atom. The molecule has 5 nitrogen and oxygen atoms in total. The number of nitrogens with one attached hydrogen (secondary N) is 3. The minimum absolute atomic E-state index is 0.214. The fraction of sp³-hybridized carbons (Fsp3) is 0.500. The highest BCUT2D eigenvalue weighted by Crippen LogP contribution is 2.18. The van der Waals surface area contributed by atoms with Gasteiger partial charge in [0.1, 0.15) is 0 Å². The van der Waals surface area contributed by atoms with Crippen molar-refractivity contribution < 1.29 is 9.21 Å². The minimum atomic E-state index is -0.214. The Balaban J connectivity index is 1.79. The number of carbonyl (C=O) groups excluding carboxylic acids is 1. The molecule has 0 aliphatic carbocycles. The van der Waals surface area contributed by atoms with Crippen molar-refractivity contribution in [2.24, 2.45) is 0 Å². The van der Waals surface area contributed by atoms with Crippen molar-refractivity contribution in [3.05, 3.63) is 16.8 Å². The number of piperidine rings is 1. The number of anilines is 1. The highest BCUT2D eigenvalue weighted by atomic mass is 79.9. The van der Waals surface area contributed by atoms with Gasteiger partial charge in [-0.1, -0.05) is 0 Å². The Kier molecular flexibility index (Phi) is 3.84. The normalized spacial score (nSPS) is 17.1. The lowest BCUT2D eigenvalue weighted by atomic mass is 10.1. The number of urea groups is 1. The first-order chi connectivity index (χ1) is 7.74. The highest BCUT2D eigenvalue weighted by molar-refractivity contribution is 9.10. The van der Waals surface area contributed by atoms with Crippen LogP contribution in [-0.2, 0) is 0 Å². The summed E-state index contributed by atoms with van der Waals surface area (Å²) in [5.74, 6) is 0.443. The zero-order valence-corrected chi connectivity index (χ0v) is 10.3. The van der Waals surface area contributed by atoms with Gasteiger partial charge in [-0.15, -0.1) is 0 Å². The molecule has 1 aliphatic rings. The largest absolute Gasteiger partial charge is 0.434 e. The molecule has 1 saturated heterocycles. The molecule has 0 spiro atoms. The maximum absolute atomic E-state index is 11.6. The van der Waals surface area contributed by atoms with Crippen LogP contribution in [0.1, 0.15) is 12.8 Å². The summed E-state index contributed by atoms with van der Waals surface area (Å²) in [6.45, 7) is 1.91. The molecule has 0 atom stereocenters. The van der Waals surface area contributed by atoms with Gasteiger partial charge in [0.25, 0.3) is 0 Å². The van der Waals surface area contributed by atoms with Crippen molar-refractivity contribution in [2.75, 3.05) is 18.4 Å². The highest BCUT2D eigenvalue weighted by Gasteiger charge is 2.15. The molecular weight excluding hydrogens is 274 g/mol. The number of hydrogen-bond acceptors (Lipinski definition) is 3. The molecule has 1 fully saturated rings. The van der Waals surface area contributed by atoms with Crippen LogP contribution in [0.5, 0.6) is 0 Å². The molecule has 2 amide bonds. The molecule has 1 aromatic rings. The molecule has 88 valence electrons. The maximum Gasteiger partial charge on any atom is 0.321 e. The van der Waals surface area contributed by atoms with Crippen LogP contribution in [-0.4, -0.2) is 25.2 Å². The molecule has 0 bridgehead atoms. The average molecular weight is 288 g/mol. The van der Waals surface area contributed by atoms with E-state index < -0.39 is 0 Å². The predicted octanol–water partition coefficient (Wildman–Crippen LogP) is 1.92. The van der Waals surface area contributed by atoms with Gasteiger partial charge in [-0.3, -0.25) is 5.32 Å². The average Bonchev–Trinajstić information content (AvgIpc) is 2.65. The molecule has 16 heavy (non-hydrogen) atoms. The molecule has 0 radical (unpaired) electrons. The van der Waals surface area contributed by atoms with Gasteiger partial charge in [0, 0.05) is 12.1 Å². The van der Waals surface area contributed by atoms with Gasteiger partial charge in [0.15, 0.2) is 4.67 Å². The standard InChI is InChI=1S/C10H14BrN3O2/c11-8-1-2-9(16-8)14-10(15)13-7-3-5-12-6-4-7/h1-2,7,12H,3-6H2,(H2,13,14,15). The van der Waals surface area contributed by atoms with Crippen LogP contribution in [0, 0.1) is 0 Å². The SMILES string of the molecule is O=C(Nc1ccc(Br)o1)NC1CCNCC1. The molecule has 1 aliphatic heterocycles. The molecular formula is C10H14BrN3O2. The van der Waals surface area contributed by atoms with Crippen molar-refractivity contribution >= 4 is 27.8 Å². The molecule has 1 aromatic heterocycles. The first-order valence-corrected chi connectivity index (χ1v) is 6.07. The number of carbonyl (C=O) groups is 1. The van der Waals surface area contributed by atoms with Crippen molar-refractivity contribution in [2.45, 2.75) is 18.9 Å². The van der Waals surface area contributed by atoms with Crippen LogP contribution in [0.2, 0.25) is 0 Å². The van der Waals surface area contributed by atoms with Gasteiger partial charge in [0.2, 0.25) is 5.88 Å². The van der Waals surface area contributed by atoms with Crippen LogP contribution in [0.4, 0.5) is 10.7 Å². The summed E-state index contributed by atoms with van der Waals surface area (Å²) in [5, 5.41) is 8.80. The van der Waals surface area contributed by atoms with E-state index in [1.807, 2.05) is 0 Å². The Hall–Kier alpha value is -1.01. The van der Waals surface area contributed by atoms with E-state index in [0.717, 1.165) is 25.9 Å². The van der Waals surface area contributed by atoms with Gasteiger partial charge in [0.05, 0.1) is 0 Å². The number of amides is 2. The van der Waals surface area contributed by atoms with Gasteiger partial charge in [-0.2, -0.15) is 0 Å². The fourth-order valence-electron chi connectivity index (χ4n) is 1.68. The van der Waals surface area contributed by atoms with E-state index in [4.69, 9.17) is 4.42 Å². The summed E-state index contributed by atoms with van der Waals surface area (Å²) in [6.07, 6.45) is 1.94. The quantitative estimate of drug-likeness (QED) is 0.779. The van der Waals surface area contributed by atoms with E-state index in [1.54, 1.807) is 12.1 Å². The van der Waals surface area contributed by atoms with Crippen LogP contribution in [0.15, 0.2) is 21.2 Å². The second-order valence-electron chi connectivity index (χ2n) is 3.73. The first-order valence-electron chi connectivity index (χ1n) is 5.27. The number of hydrogen-bond donors (Lipinski definition) is 3. The van der Waals surface area contributed by atoms with Gasteiger partial charge in [-0.05, 0) is 47.9 Å². The Labute approximate surface area is 102 Å². The number of halogens is 1. The van der Waals surface area contributed by atoms with E-state index in [9.17, 15) is 4.79 Å². The Bertz CT molecular complexity index is 361. The van der Waals surface area contributed by atoms with Crippen LogP contribution < -0.4 is 16.0 Å². The fourth-order valence-corrected chi connectivity index (χ4v) is 1.99. The summed E-state index contributed by atoms with van der Waals surface area (Å²) in [4.78, 5) is 11.6. The predicted molar refractivity (Wildman–Crippen MR) is 64.5 cm³/mol. The summed E-state index contributed by atoms with van der Waals surface area (Å²) >= 11 is 3.17. The summed E-state index contributed by atoms with van der Waals surface area (Å²) in [7, 11) is 0. The third-order valence-corrected chi connectivity index (χ3v) is 2.91.